The van der Waals surface area contributed by atoms with Crippen molar-refractivity contribution in [2.75, 3.05) is 13.2 Å². The van der Waals surface area contributed by atoms with E-state index in [1.54, 1.807) is 19.3 Å². The van der Waals surface area contributed by atoms with Crippen molar-refractivity contribution in [1.82, 2.24) is 14.4 Å². The number of imidazole rings is 1. The Morgan fingerprint density at radius 3 is 3.10 bits per heavy atom. The highest BCUT2D eigenvalue weighted by Gasteiger charge is 2.30. The van der Waals surface area contributed by atoms with Crippen molar-refractivity contribution in [1.29, 1.82) is 0 Å². The first-order valence-electron chi connectivity index (χ1n) is 6.96. The summed E-state index contributed by atoms with van der Waals surface area (Å²) >= 11 is 6.04. The Bertz CT molecular complexity index is 650. The zero-order chi connectivity index (χ0) is 14.8. The van der Waals surface area contributed by atoms with Crippen LogP contribution in [0.5, 0.6) is 0 Å². The zero-order valence-corrected chi connectivity index (χ0v) is 12.4. The van der Waals surface area contributed by atoms with Gasteiger partial charge in [-0.05, 0) is 19.8 Å². The molecule has 0 bridgehead atoms. The van der Waals surface area contributed by atoms with Gasteiger partial charge in [0.1, 0.15) is 11.3 Å². The summed E-state index contributed by atoms with van der Waals surface area (Å²) < 4.78 is 12.5. The van der Waals surface area contributed by atoms with E-state index in [1.165, 1.54) is 0 Å². The molecule has 112 valence electrons. The van der Waals surface area contributed by atoms with Gasteiger partial charge in [-0.1, -0.05) is 11.6 Å². The van der Waals surface area contributed by atoms with E-state index < -0.39 is 6.10 Å². The first-order chi connectivity index (χ1) is 10.2. The van der Waals surface area contributed by atoms with Gasteiger partial charge >= 0.3 is 5.97 Å². The smallest absolute Gasteiger partial charge is 0.335 e. The summed E-state index contributed by atoms with van der Waals surface area (Å²) in [5, 5.41) is 0.428. The molecule has 1 aliphatic rings. The molecule has 0 amide bonds. The maximum absolute atomic E-state index is 11.7. The van der Waals surface area contributed by atoms with E-state index in [0.717, 1.165) is 17.8 Å². The van der Waals surface area contributed by atoms with Gasteiger partial charge < -0.3 is 9.47 Å². The highest BCUT2D eigenvalue weighted by Crippen LogP contribution is 2.29. The van der Waals surface area contributed by atoms with E-state index in [0.29, 0.717) is 24.8 Å². The van der Waals surface area contributed by atoms with E-state index in [1.807, 2.05) is 10.6 Å². The van der Waals surface area contributed by atoms with Gasteiger partial charge in [0.25, 0.3) is 0 Å². The molecule has 2 aromatic heterocycles. The maximum Gasteiger partial charge on any atom is 0.335 e. The molecule has 7 heteroatoms. The first kappa shape index (κ1) is 14.3. The molecular weight excluding hydrogens is 294 g/mol. The second kappa shape index (κ2) is 5.99. The molecule has 0 aliphatic carbocycles. The van der Waals surface area contributed by atoms with Gasteiger partial charge in [0.15, 0.2) is 11.3 Å². The molecule has 0 N–H and O–H groups in total. The Morgan fingerprint density at radius 2 is 2.38 bits per heavy atom. The predicted molar refractivity (Wildman–Crippen MR) is 76.3 cm³/mol. The van der Waals surface area contributed by atoms with Crippen molar-refractivity contribution in [2.24, 2.45) is 0 Å². The number of carbonyl (C=O) groups excluding carboxylic acids is 1. The summed E-state index contributed by atoms with van der Waals surface area (Å²) in [6.45, 7) is 2.61. The molecule has 1 saturated heterocycles. The molecular formula is C14H16ClN3O3. The van der Waals surface area contributed by atoms with Crippen LogP contribution in [0.15, 0.2) is 18.6 Å². The van der Waals surface area contributed by atoms with Gasteiger partial charge in [-0.25, -0.2) is 14.8 Å². The minimum atomic E-state index is -0.460. The number of rotatable bonds is 3. The fraction of sp³-hybridized carbons (Fsp3) is 0.500. The van der Waals surface area contributed by atoms with E-state index >= 15 is 0 Å². The van der Waals surface area contributed by atoms with E-state index in [2.05, 4.69) is 9.97 Å². The van der Waals surface area contributed by atoms with Crippen molar-refractivity contribution in [3.63, 3.8) is 0 Å². The summed E-state index contributed by atoms with van der Waals surface area (Å²) in [6.07, 6.45) is 6.19. The first-order valence-corrected chi connectivity index (χ1v) is 7.34. The molecule has 2 atom stereocenters. The topological polar surface area (TPSA) is 65.7 Å². The van der Waals surface area contributed by atoms with Crippen LogP contribution in [0.4, 0.5) is 0 Å². The largest absolute Gasteiger partial charge is 0.464 e. The molecule has 6 nitrogen and oxygen atoms in total. The lowest BCUT2D eigenvalue weighted by atomic mass is 9.97. The summed E-state index contributed by atoms with van der Waals surface area (Å²) in [5.74, 6) is 0.740. The average Bonchev–Trinajstić information content (AvgIpc) is 2.93. The molecule has 21 heavy (non-hydrogen) atoms. The maximum atomic E-state index is 11.7. The monoisotopic (exact) mass is 309 g/mol. The minimum absolute atomic E-state index is 0.136. The second-order valence-electron chi connectivity index (χ2n) is 4.94. The Morgan fingerprint density at radius 1 is 1.52 bits per heavy atom. The van der Waals surface area contributed by atoms with Crippen LogP contribution in [0.1, 0.15) is 31.5 Å². The van der Waals surface area contributed by atoms with Crippen LogP contribution in [0.25, 0.3) is 5.52 Å². The van der Waals surface area contributed by atoms with Gasteiger partial charge in [-0.2, -0.15) is 0 Å². The Labute approximate surface area is 127 Å². The zero-order valence-electron chi connectivity index (χ0n) is 11.7. The number of nitrogens with zero attached hydrogens (tertiary/aromatic N) is 3. The summed E-state index contributed by atoms with van der Waals surface area (Å²) in [7, 11) is 0. The third-order valence-electron chi connectivity index (χ3n) is 3.63. The minimum Gasteiger partial charge on any atom is -0.464 e. The highest BCUT2D eigenvalue weighted by molar-refractivity contribution is 6.32. The van der Waals surface area contributed by atoms with E-state index in [-0.39, 0.29) is 11.9 Å². The predicted octanol–water partition coefficient (Wildman–Crippen LogP) is 2.21. The Kier molecular flexibility index (Phi) is 4.07. The standard InChI is InChI=1S/C14H16ClN3O3/c1-2-20-14(19)11-4-3-9(8-21-11)13-17-7-10-12(15)16-5-6-18(10)13/h5-7,9,11H,2-4,8H2,1H3. The average molecular weight is 310 g/mol. The van der Waals surface area contributed by atoms with Crippen LogP contribution in [-0.2, 0) is 14.3 Å². The summed E-state index contributed by atoms with van der Waals surface area (Å²) in [6, 6.07) is 0. The lowest BCUT2D eigenvalue weighted by Gasteiger charge is -2.27. The number of esters is 1. The van der Waals surface area contributed by atoms with Crippen LogP contribution in [-0.4, -0.2) is 39.7 Å². The van der Waals surface area contributed by atoms with Gasteiger partial charge in [0, 0.05) is 18.3 Å². The molecule has 3 heterocycles. The molecule has 2 unspecified atom stereocenters. The summed E-state index contributed by atoms with van der Waals surface area (Å²) in [5.41, 5.74) is 0.779. The molecule has 2 aromatic rings. The van der Waals surface area contributed by atoms with Gasteiger partial charge in [-0.15, -0.1) is 0 Å². The van der Waals surface area contributed by atoms with Crippen molar-refractivity contribution < 1.29 is 14.3 Å². The third kappa shape index (κ3) is 2.73. The number of hydrogen-bond acceptors (Lipinski definition) is 5. The Balaban J connectivity index is 1.74. The molecule has 1 aliphatic heterocycles. The van der Waals surface area contributed by atoms with Crippen LogP contribution in [0.3, 0.4) is 0 Å². The van der Waals surface area contributed by atoms with Crippen molar-refractivity contribution in [3.8, 4) is 0 Å². The highest BCUT2D eigenvalue weighted by atomic mass is 35.5. The van der Waals surface area contributed by atoms with Gasteiger partial charge in [-0.3, -0.25) is 4.40 Å². The molecule has 3 rings (SSSR count). The normalized spacial score (nSPS) is 22.4. The number of carbonyl (C=O) groups is 1. The number of aromatic nitrogens is 3. The number of fused-ring (bicyclic) bond motifs is 1. The molecule has 0 aromatic carbocycles. The third-order valence-corrected chi connectivity index (χ3v) is 3.92. The molecule has 0 spiro atoms. The Hall–Kier alpha value is -1.66. The van der Waals surface area contributed by atoms with Crippen LogP contribution >= 0.6 is 11.6 Å². The second-order valence-corrected chi connectivity index (χ2v) is 5.30. The van der Waals surface area contributed by atoms with Gasteiger partial charge in [0.2, 0.25) is 0 Å². The van der Waals surface area contributed by atoms with Crippen molar-refractivity contribution in [3.05, 3.63) is 29.6 Å². The molecule has 0 radical (unpaired) electrons. The number of ether oxygens (including phenoxy) is 2. The van der Waals surface area contributed by atoms with Crippen LogP contribution in [0.2, 0.25) is 5.15 Å². The van der Waals surface area contributed by atoms with Gasteiger partial charge in [0.05, 0.1) is 19.4 Å². The van der Waals surface area contributed by atoms with E-state index in [4.69, 9.17) is 21.1 Å². The van der Waals surface area contributed by atoms with Crippen LogP contribution in [0, 0.1) is 0 Å². The quantitative estimate of drug-likeness (QED) is 0.813. The number of halogens is 1. The van der Waals surface area contributed by atoms with E-state index in [9.17, 15) is 4.79 Å². The SMILES string of the molecule is CCOC(=O)C1CCC(c2ncc3c(Cl)nccn23)CO1. The summed E-state index contributed by atoms with van der Waals surface area (Å²) in [4.78, 5) is 20.1. The lowest BCUT2D eigenvalue weighted by molar-refractivity contribution is -0.160. The van der Waals surface area contributed by atoms with Crippen molar-refractivity contribution >= 4 is 23.1 Å². The lowest BCUT2D eigenvalue weighted by Crippen LogP contribution is -2.33. The van der Waals surface area contributed by atoms with Crippen LogP contribution < -0.4 is 0 Å². The fourth-order valence-electron chi connectivity index (χ4n) is 2.59. The number of hydrogen-bond donors (Lipinski definition) is 0. The van der Waals surface area contributed by atoms with Crippen molar-refractivity contribution in [2.45, 2.75) is 31.8 Å². The molecule has 0 saturated carbocycles. The molecule has 1 fully saturated rings. The fourth-order valence-corrected chi connectivity index (χ4v) is 2.79.